The fraction of sp³-hybridized carbons (Fsp3) is 0.550. The molecule has 0 radical (unpaired) electrons. The molecule has 146 valence electrons. The summed E-state index contributed by atoms with van der Waals surface area (Å²) < 4.78 is 6.50. The smallest absolute Gasteiger partial charge is 0.413 e. The molecule has 2 aliphatic heterocycles. The summed E-state index contributed by atoms with van der Waals surface area (Å²) in [5.41, 5.74) is -0.363. The molecule has 1 N–H and O–H groups in total. The number of amides is 2. The molecule has 4 rings (SSSR count). The van der Waals surface area contributed by atoms with Gasteiger partial charge in [-0.15, -0.1) is 6.58 Å². The Hall–Kier alpha value is -2.37. The van der Waals surface area contributed by atoms with E-state index in [2.05, 4.69) is 11.9 Å². The number of imide groups is 1. The monoisotopic (exact) mass is 364 g/mol. The topological polar surface area (TPSA) is 81.3 Å². The minimum absolute atomic E-state index is 0.182. The number of nitrogens with zero attached hydrogens (tertiary/aromatic N) is 1. The van der Waals surface area contributed by atoms with E-state index in [1.54, 1.807) is 25.2 Å². The summed E-state index contributed by atoms with van der Waals surface area (Å²) in [6.45, 7) is 16.8. The summed E-state index contributed by atoms with van der Waals surface area (Å²) >= 11 is 0. The number of rotatable bonds is 2. The second-order valence-electron chi connectivity index (χ2n) is 5.51. The number of carbonyl (C=O) groups excluding carboxylic acids is 2. The Morgan fingerprint density at radius 3 is 2.08 bits per heavy atom. The minimum atomic E-state index is -0.956. The van der Waals surface area contributed by atoms with Gasteiger partial charge in [-0.3, -0.25) is 19.5 Å². The highest BCUT2D eigenvalue weighted by atomic mass is 16.4. The maximum absolute atomic E-state index is 12.1. The van der Waals surface area contributed by atoms with Crippen LogP contribution in [0.2, 0.25) is 0 Å². The van der Waals surface area contributed by atoms with Crippen LogP contribution in [0.25, 0.3) is 6.08 Å². The van der Waals surface area contributed by atoms with Crippen LogP contribution in [0.15, 0.2) is 27.9 Å². The molecule has 2 amide bonds. The van der Waals surface area contributed by atoms with E-state index in [0.717, 1.165) is 0 Å². The van der Waals surface area contributed by atoms with E-state index in [-0.39, 0.29) is 11.8 Å². The third-order valence-electron chi connectivity index (χ3n) is 3.98. The zero-order valence-corrected chi connectivity index (χ0v) is 17.0. The van der Waals surface area contributed by atoms with Crippen molar-refractivity contribution in [3.8, 4) is 0 Å². The zero-order valence-electron chi connectivity index (χ0n) is 17.0. The van der Waals surface area contributed by atoms with Crippen molar-refractivity contribution in [2.45, 2.75) is 66.8 Å². The van der Waals surface area contributed by atoms with Crippen molar-refractivity contribution < 1.29 is 14.0 Å². The lowest BCUT2D eigenvalue weighted by atomic mass is 9.64. The van der Waals surface area contributed by atoms with Gasteiger partial charge < -0.3 is 4.42 Å². The number of aromatic nitrogens is 1. The predicted octanol–water partition coefficient (Wildman–Crippen LogP) is 3.79. The lowest BCUT2D eigenvalue weighted by Crippen LogP contribution is -2.68. The summed E-state index contributed by atoms with van der Waals surface area (Å²) in [7, 11) is 0. The Morgan fingerprint density at radius 2 is 1.65 bits per heavy atom. The predicted molar refractivity (Wildman–Crippen MR) is 105 cm³/mol. The fourth-order valence-electron chi connectivity index (χ4n) is 2.98. The number of nitrogens with one attached hydrogen (secondary N) is 1. The van der Waals surface area contributed by atoms with E-state index in [1.807, 2.05) is 41.5 Å². The van der Waals surface area contributed by atoms with E-state index >= 15 is 0 Å². The molecule has 6 nitrogen and oxygen atoms in total. The van der Waals surface area contributed by atoms with E-state index in [9.17, 15) is 14.4 Å². The molecule has 0 spiro atoms. The molecule has 1 aromatic heterocycles. The summed E-state index contributed by atoms with van der Waals surface area (Å²) in [5.74, 6) is -0.904. The van der Waals surface area contributed by atoms with Crippen molar-refractivity contribution >= 4 is 17.9 Å². The zero-order chi connectivity index (χ0) is 20.5. The summed E-state index contributed by atoms with van der Waals surface area (Å²) in [6.07, 6.45) is 6.03. The van der Waals surface area contributed by atoms with Gasteiger partial charge in [0.2, 0.25) is 5.91 Å². The van der Waals surface area contributed by atoms with Crippen LogP contribution < -0.4 is 11.1 Å². The number of fused-ring (bicyclic) bond motifs is 2. The van der Waals surface area contributed by atoms with Gasteiger partial charge in [0.25, 0.3) is 5.91 Å². The van der Waals surface area contributed by atoms with Crippen LogP contribution in [0.1, 0.15) is 65.8 Å². The third kappa shape index (κ3) is 4.23. The van der Waals surface area contributed by atoms with Crippen LogP contribution in [0.4, 0.5) is 0 Å². The Kier molecular flexibility index (Phi) is 9.62. The molecular weight excluding hydrogens is 332 g/mol. The summed E-state index contributed by atoms with van der Waals surface area (Å²) in [5, 5.41) is 2.32. The van der Waals surface area contributed by atoms with Gasteiger partial charge in [0.1, 0.15) is 11.3 Å². The summed E-state index contributed by atoms with van der Waals surface area (Å²) in [6, 6.07) is 0. The Labute approximate surface area is 156 Å². The SMILES string of the molecule is C/C=C\c1c(C)oc(=O)n1C12CC(C1)C(=O)NC2=O.C=CC.CC.CC. The first-order chi connectivity index (χ1) is 12.4. The van der Waals surface area contributed by atoms with E-state index in [1.165, 1.54) is 4.57 Å². The van der Waals surface area contributed by atoms with Crippen molar-refractivity contribution in [1.29, 1.82) is 0 Å². The van der Waals surface area contributed by atoms with Crippen molar-refractivity contribution in [2.24, 2.45) is 5.92 Å². The molecule has 0 unspecified atom stereocenters. The molecule has 2 saturated heterocycles. The number of hydrogen-bond donors (Lipinski definition) is 1. The van der Waals surface area contributed by atoms with Crippen LogP contribution in [-0.2, 0) is 15.1 Å². The number of hydrogen-bond acceptors (Lipinski definition) is 4. The van der Waals surface area contributed by atoms with Crippen LogP contribution in [0, 0.1) is 12.8 Å². The van der Waals surface area contributed by atoms with Crippen LogP contribution in [0.5, 0.6) is 0 Å². The Balaban J connectivity index is 0.000000793. The molecule has 3 aliphatic rings. The average molecular weight is 364 g/mol. The van der Waals surface area contributed by atoms with Gasteiger partial charge in [0.05, 0.1) is 5.69 Å². The van der Waals surface area contributed by atoms with E-state index in [0.29, 0.717) is 24.3 Å². The molecule has 1 aliphatic carbocycles. The van der Waals surface area contributed by atoms with E-state index in [4.69, 9.17) is 4.42 Å². The normalized spacial score (nSPS) is 22.5. The van der Waals surface area contributed by atoms with Gasteiger partial charge in [-0.25, -0.2) is 4.79 Å². The van der Waals surface area contributed by atoms with Crippen LogP contribution >= 0.6 is 0 Å². The minimum Gasteiger partial charge on any atom is -0.413 e. The van der Waals surface area contributed by atoms with Gasteiger partial charge >= 0.3 is 5.76 Å². The maximum Gasteiger partial charge on any atom is 0.420 e. The largest absolute Gasteiger partial charge is 0.420 e. The molecule has 2 bridgehead atoms. The number of carbonyl (C=O) groups is 2. The van der Waals surface area contributed by atoms with Gasteiger partial charge in [-0.1, -0.05) is 39.8 Å². The first-order valence-electron chi connectivity index (χ1n) is 9.19. The quantitative estimate of drug-likeness (QED) is 0.639. The number of oxazole rings is 1. The first kappa shape index (κ1) is 23.6. The standard InChI is InChI=1S/C13H14N2O4.C3H6.2C2H6/c1-3-4-9-7(2)19-12(18)15(9)13-5-8(6-13)10(16)14-11(13)17;1-3-2;2*1-2/h3-4,8H,5-6H2,1-2H3,(H,14,16,17);3H,1H2,2H3;2*1-2H3/b4-3-;;;. The molecular formula is C20H32N2O4. The highest BCUT2D eigenvalue weighted by Gasteiger charge is 2.60. The number of allylic oxidation sites excluding steroid dienone is 2. The van der Waals surface area contributed by atoms with Crippen LogP contribution in [-0.4, -0.2) is 16.4 Å². The van der Waals surface area contributed by atoms with E-state index < -0.39 is 17.2 Å². The van der Waals surface area contributed by atoms with Gasteiger partial charge in [0.15, 0.2) is 0 Å². The molecule has 0 atom stereocenters. The third-order valence-corrected chi connectivity index (χ3v) is 3.98. The molecule has 3 fully saturated rings. The average Bonchev–Trinajstić information content (AvgIpc) is 2.86. The molecule has 1 saturated carbocycles. The highest BCUT2D eigenvalue weighted by molar-refractivity contribution is 6.06. The van der Waals surface area contributed by atoms with Crippen molar-refractivity contribution in [1.82, 2.24) is 9.88 Å². The molecule has 0 aromatic carbocycles. The maximum atomic E-state index is 12.1. The highest BCUT2D eigenvalue weighted by Crippen LogP contribution is 2.47. The Bertz CT molecular complexity index is 704. The summed E-state index contributed by atoms with van der Waals surface area (Å²) in [4.78, 5) is 35.6. The number of piperidine rings is 2. The second kappa shape index (κ2) is 10.6. The molecule has 1 aromatic rings. The Morgan fingerprint density at radius 1 is 1.15 bits per heavy atom. The van der Waals surface area contributed by atoms with Crippen molar-refractivity contribution in [3.05, 3.63) is 40.7 Å². The van der Waals surface area contributed by atoms with Crippen molar-refractivity contribution in [3.63, 3.8) is 0 Å². The second-order valence-corrected chi connectivity index (χ2v) is 5.51. The molecule has 6 heteroatoms. The van der Waals surface area contributed by atoms with Gasteiger partial charge in [-0.2, -0.15) is 0 Å². The number of aryl methyl sites for hydroxylation is 1. The van der Waals surface area contributed by atoms with Crippen LogP contribution in [0.3, 0.4) is 0 Å². The molecule has 3 heterocycles. The van der Waals surface area contributed by atoms with Crippen molar-refractivity contribution in [2.75, 3.05) is 0 Å². The van der Waals surface area contributed by atoms with Gasteiger partial charge in [0, 0.05) is 5.92 Å². The van der Waals surface area contributed by atoms with Gasteiger partial charge in [-0.05, 0) is 39.7 Å². The lowest BCUT2D eigenvalue weighted by Gasteiger charge is -2.49. The molecule has 26 heavy (non-hydrogen) atoms. The fourth-order valence-corrected chi connectivity index (χ4v) is 2.98. The first-order valence-corrected chi connectivity index (χ1v) is 9.19. The lowest BCUT2D eigenvalue weighted by molar-refractivity contribution is -0.157.